The van der Waals surface area contributed by atoms with E-state index in [2.05, 4.69) is 9.97 Å². The Labute approximate surface area is 144 Å². The number of nitrogens with zero attached hydrogens (tertiary/aromatic N) is 3. The van der Waals surface area contributed by atoms with Gasteiger partial charge in [-0.25, -0.2) is 9.78 Å². The first-order valence-electron chi connectivity index (χ1n) is 7.69. The third-order valence-electron chi connectivity index (χ3n) is 3.98. The third-order valence-corrected chi connectivity index (χ3v) is 3.98. The van der Waals surface area contributed by atoms with Crippen LogP contribution in [0.25, 0.3) is 0 Å². The van der Waals surface area contributed by atoms with Gasteiger partial charge in [-0.1, -0.05) is 6.07 Å². The Balaban J connectivity index is 1.80. The van der Waals surface area contributed by atoms with Crippen LogP contribution in [-0.2, 0) is 9.53 Å². The summed E-state index contributed by atoms with van der Waals surface area (Å²) in [5.41, 5.74) is 0.337. The molecule has 0 bridgehead atoms. The number of benzene rings is 1. The van der Waals surface area contributed by atoms with Crippen molar-refractivity contribution >= 4 is 11.9 Å². The van der Waals surface area contributed by atoms with Crippen LogP contribution in [0.1, 0.15) is 16.8 Å². The minimum absolute atomic E-state index is 0.238. The van der Waals surface area contributed by atoms with Crippen LogP contribution in [0.2, 0.25) is 0 Å². The Morgan fingerprint density at radius 2 is 2.16 bits per heavy atom. The van der Waals surface area contributed by atoms with Crippen LogP contribution < -0.4 is 4.74 Å². The molecule has 0 saturated carbocycles. The van der Waals surface area contributed by atoms with Gasteiger partial charge in [-0.05, 0) is 18.2 Å². The molecule has 1 aromatic carbocycles. The monoisotopic (exact) mass is 343 g/mol. The molecule has 8 nitrogen and oxygen atoms in total. The standard InChI is InChI=1S/C17H17N3O5/c1-24-13-8-14(17(22)23)20(10-13)16(21)11-3-2-4-12(7-11)25-15-9-18-5-6-19-15/h2-7,9,13-14H,8,10H2,1H3,(H,22,23). The first kappa shape index (κ1) is 16.8. The van der Waals surface area contributed by atoms with E-state index in [1.165, 1.54) is 30.6 Å². The third kappa shape index (κ3) is 3.74. The summed E-state index contributed by atoms with van der Waals surface area (Å²) in [6.45, 7) is 0.238. The predicted molar refractivity (Wildman–Crippen MR) is 86.4 cm³/mol. The zero-order valence-electron chi connectivity index (χ0n) is 13.5. The molecule has 1 aliphatic rings. The average molecular weight is 343 g/mol. The molecular weight excluding hydrogens is 326 g/mol. The van der Waals surface area contributed by atoms with E-state index >= 15 is 0 Å². The molecule has 1 amide bonds. The number of rotatable bonds is 5. The number of carbonyl (C=O) groups is 2. The minimum Gasteiger partial charge on any atom is -0.480 e. The minimum atomic E-state index is -1.04. The number of methoxy groups -OCH3 is 1. The number of aromatic nitrogens is 2. The van der Waals surface area contributed by atoms with Crippen molar-refractivity contribution in [1.82, 2.24) is 14.9 Å². The largest absolute Gasteiger partial charge is 0.480 e. The second-order valence-corrected chi connectivity index (χ2v) is 5.58. The first-order valence-corrected chi connectivity index (χ1v) is 7.69. The Kier molecular flexibility index (Phi) is 4.90. The normalized spacial score (nSPS) is 19.6. The number of hydrogen-bond donors (Lipinski definition) is 1. The van der Waals surface area contributed by atoms with E-state index < -0.39 is 12.0 Å². The van der Waals surface area contributed by atoms with E-state index in [1.807, 2.05) is 0 Å². The van der Waals surface area contributed by atoms with Gasteiger partial charge in [-0.3, -0.25) is 9.78 Å². The molecule has 2 unspecified atom stereocenters. The molecule has 1 fully saturated rings. The van der Waals surface area contributed by atoms with Crippen molar-refractivity contribution < 1.29 is 24.2 Å². The van der Waals surface area contributed by atoms with Gasteiger partial charge in [-0.2, -0.15) is 0 Å². The Hall–Kier alpha value is -3.00. The quantitative estimate of drug-likeness (QED) is 0.879. The summed E-state index contributed by atoms with van der Waals surface area (Å²) < 4.78 is 10.8. The summed E-state index contributed by atoms with van der Waals surface area (Å²) in [6.07, 6.45) is 4.46. The fraction of sp³-hybridized carbons (Fsp3) is 0.294. The Morgan fingerprint density at radius 3 is 2.84 bits per heavy atom. The molecule has 0 spiro atoms. The number of amides is 1. The highest BCUT2D eigenvalue weighted by Crippen LogP contribution is 2.25. The molecule has 1 aliphatic heterocycles. The summed E-state index contributed by atoms with van der Waals surface area (Å²) in [4.78, 5) is 33.4. The first-order chi connectivity index (χ1) is 12.1. The van der Waals surface area contributed by atoms with Gasteiger partial charge in [-0.15, -0.1) is 0 Å². The molecule has 0 aliphatic carbocycles. The highest BCUT2D eigenvalue weighted by Gasteiger charge is 2.40. The van der Waals surface area contributed by atoms with Gasteiger partial charge in [0.25, 0.3) is 5.91 Å². The molecule has 1 N–H and O–H groups in total. The van der Waals surface area contributed by atoms with Gasteiger partial charge in [0.05, 0.1) is 12.3 Å². The van der Waals surface area contributed by atoms with Crippen LogP contribution in [0.5, 0.6) is 11.6 Å². The predicted octanol–water partition coefficient (Wildman–Crippen LogP) is 1.58. The smallest absolute Gasteiger partial charge is 0.326 e. The maximum Gasteiger partial charge on any atom is 0.326 e. The molecule has 8 heteroatoms. The second-order valence-electron chi connectivity index (χ2n) is 5.58. The van der Waals surface area contributed by atoms with Crippen LogP contribution in [-0.4, -0.2) is 57.7 Å². The second kappa shape index (κ2) is 7.27. The summed E-state index contributed by atoms with van der Waals surface area (Å²) in [6, 6.07) is 5.61. The maximum absolute atomic E-state index is 12.8. The lowest BCUT2D eigenvalue weighted by Gasteiger charge is -2.21. The number of aliphatic carboxylic acids is 1. The van der Waals surface area contributed by atoms with E-state index in [0.717, 1.165) is 0 Å². The molecular formula is C17H17N3O5. The molecule has 130 valence electrons. The lowest BCUT2D eigenvalue weighted by Crippen LogP contribution is -2.40. The number of ether oxygens (including phenoxy) is 2. The Morgan fingerprint density at radius 1 is 1.32 bits per heavy atom. The van der Waals surface area contributed by atoms with Crippen molar-refractivity contribution in [3.05, 3.63) is 48.4 Å². The average Bonchev–Trinajstić information content (AvgIpc) is 3.07. The molecule has 2 heterocycles. The fourth-order valence-electron chi connectivity index (χ4n) is 2.74. The van der Waals surface area contributed by atoms with E-state index in [0.29, 0.717) is 17.2 Å². The van der Waals surface area contributed by atoms with Gasteiger partial charge < -0.3 is 19.5 Å². The molecule has 3 rings (SSSR count). The van der Waals surface area contributed by atoms with Crippen LogP contribution in [0.4, 0.5) is 0 Å². The molecule has 1 saturated heterocycles. The van der Waals surface area contributed by atoms with Crippen LogP contribution in [0.15, 0.2) is 42.9 Å². The van der Waals surface area contributed by atoms with Crippen molar-refractivity contribution in [2.75, 3.05) is 13.7 Å². The summed E-state index contributed by atoms with van der Waals surface area (Å²) in [5, 5.41) is 9.35. The summed E-state index contributed by atoms with van der Waals surface area (Å²) >= 11 is 0. The van der Waals surface area contributed by atoms with Gasteiger partial charge >= 0.3 is 5.97 Å². The van der Waals surface area contributed by atoms with Crippen molar-refractivity contribution in [2.24, 2.45) is 0 Å². The zero-order valence-corrected chi connectivity index (χ0v) is 13.5. The van der Waals surface area contributed by atoms with Crippen molar-refractivity contribution in [3.63, 3.8) is 0 Å². The molecule has 2 aromatic rings. The van der Waals surface area contributed by atoms with E-state index in [4.69, 9.17) is 9.47 Å². The van der Waals surface area contributed by atoms with Gasteiger partial charge in [0, 0.05) is 38.0 Å². The van der Waals surface area contributed by atoms with E-state index in [-0.39, 0.29) is 25.0 Å². The number of carbonyl (C=O) groups excluding carboxylic acids is 1. The highest BCUT2D eigenvalue weighted by molar-refractivity contribution is 5.97. The number of hydrogen-bond acceptors (Lipinski definition) is 6. The van der Waals surface area contributed by atoms with Crippen molar-refractivity contribution in [1.29, 1.82) is 0 Å². The van der Waals surface area contributed by atoms with Gasteiger partial charge in [0.1, 0.15) is 11.8 Å². The number of carboxylic acids is 1. The van der Waals surface area contributed by atoms with E-state index in [1.54, 1.807) is 24.3 Å². The molecule has 0 radical (unpaired) electrons. The SMILES string of the molecule is COC1CC(C(=O)O)N(C(=O)c2cccc(Oc3cnccn3)c2)C1. The lowest BCUT2D eigenvalue weighted by atomic mass is 10.1. The molecule has 25 heavy (non-hydrogen) atoms. The van der Waals surface area contributed by atoms with E-state index in [9.17, 15) is 14.7 Å². The topological polar surface area (TPSA) is 102 Å². The maximum atomic E-state index is 12.8. The number of carboxylic acid groups (broad SMARTS) is 1. The lowest BCUT2D eigenvalue weighted by molar-refractivity contribution is -0.141. The highest BCUT2D eigenvalue weighted by atomic mass is 16.5. The fourth-order valence-corrected chi connectivity index (χ4v) is 2.74. The van der Waals surface area contributed by atoms with Crippen molar-refractivity contribution in [2.45, 2.75) is 18.6 Å². The molecule has 2 atom stereocenters. The van der Waals surface area contributed by atoms with Crippen LogP contribution in [0.3, 0.4) is 0 Å². The van der Waals surface area contributed by atoms with Crippen LogP contribution in [0, 0.1) is 0 Å². The summed E-state index contributed by atoms with van der Waals surface area (Å²) in [7, 11) is 1.51. The Bertz CT molecular complexity index is 768. The van der Waals surface area contributed by atoms with Crippen LogP contribution >= 0.6 is 0 Å². The number of likely N-dealkylation sites (tertiary alicyclic amines) is 1. The van der Waals surface area contributed by atoms with Gasteiger partial charge in [0.2, 0.25) is 5.88 Å². The summed E-state index contributed by atoms with van der Waals surface area (Å²) in [5.74, 6) is -0.701. The zero-order chi connectivity index (χ0) is 17.8. The molecule has 1 aromatic heterocycles. The van der Waals surface area contributed by atoms with Crippen molar-refractivity contribution in [3.8, 4) is 11.6 Å². The van der Waals surface area contributed by atoms with Gasteiger partial charge in [0.15, 0.2) is 0 Å².